The molecule has 1 atom stereocenters. The minimum Gasteiger partial charge on any atom is -0.339 e. The van der Waals surface area contributed by atoms with Gasteiger partial charge in [-0.25, -0.2) is 0 Å². The zero-order valence-corrected chi connectivity index (χ0v) is 16.2. The smallest absolute Gasteiger partial charge is 0.255 e. The summed E-state index contributed by atoms with van der Waals surface area (Å²) in [5.74, 6) is -0.941. The maximum absolute atomic E-state index is 13.0. The molecule has 8 heteroatoms. The van der Waals surface area contributed by atoms with E-state index in [1.165, 1.54) is 4.90 Å². The van der Waals surface area contributed by atoms with Gasteiger partial charge in [0.15, 0.2) is 0 Å². The molecule has 8 nitrogen and oxygen atoms in total. The third-order valence-electron chi connectivity index (χ3n) is 6.88. The van der Waals surface area contributed by atoms with Crippen LogP contribution < -0.4 is 10.6 Å². The fraction of sp³-hybridized carbons (Fsp3) is 0.524. The van der Waals surface area contributed by atoms with Crippen LogP contribution in [0.5, 0.6) is 0 Å². The van der Waals surface area contributed by atoms with Crippen LogP contribution in [-0.2, 0) is 16.1 Å². The Morgan fingerprint density at radius 3 is 2.52 bits per heavy atom. The number of fused-ring (bicyclic) bond motifs is 1. The van der Waals surface area contributed by atoms with Crippen molar-refractivity contribution in [3.8, 4) is 0 Å². The van der Waals surface area contributed by atoms with E-state index in [0.717, 1.165) is 44.6 Å². The lowest BCUT2D eigenvalue weighted by atomic mass is 9.73. The molecule has 1 aromatic carbocycles. The van der Waals surface area contributed by atoms with E-state index in [2.05, 4.69) is 10.6 Å². The number of carbonyl (C=O) groups is 4. The normalized spacial score (nSPS) is 25.7. The lowest BCUT2D eigenvalue weighted by Crippen LogP contribution is -2.58. The maximum atomic E-state index is 13.0. The second-order valence-corrected chi connectivity index (χ2v) is 8.67. The number of imide groups is 1. The molecule has 4 amide bonds. The molecule has 3 fully saturated rings. The van der Waals surface area contributed by atoms with Gasteiger partial charge in [-0.05, 0) is 48.4 Å². The first-order valence-corrected chi connectivity index (χ1v) is 10.2. The van der Waals surface area contributed by atoms with Gasteiger partial charge in [-0.1, -0.05) is 0 Å². The molecule has 29 heavy (non-hydrogen) atoms. The van der Waals surface area contributed by atoms with E-state index in [1.54, 1.807) is 18.2 Å². The quantitative estimate of drug-likeness (QED) is 0.700. The Morgan fingerprint density at radius 1 is 1.10 bits per heavy atom. The fourth-order valence-electron chi connectivity index (χ4n) is 4.91. The van der Waals surface area contributed by atoms with Gasteiger partial charge in [-0.3, -0.25) is 24.5 Å². The molecule has 2 N–H and O–H groups in total. The SMILES string of the molecule is O=C1CCC(N2Cc3cc(C(=O)N4CCC5(CC4)CNC5)ccc3C2=O)C(=O)N1. The van der Waals surface area contributed by atoms with Crippen molar-refractivity contribution in [3.05, 3.63) is 34.9 Å². The molecule has 4 aliphatic rings. The van der Waals surface area contributed by atoms with Gasteiger partial charge in [0.25, 0.3) is 11.8 Å². The number of hydrogen-bond acceptors (Lipinski definition) is 5. The summed E-state index contributed by atoms with van der Waals surface area (Å²) in [6.45, 7) is 3.91. The first-order valence-electron chi connectivity index (χ1n) is 10.2. The Morgan fingerprint density at radius 2 is 1.86 bits per heavy atom. The van der Waals surface area contributed by atoms with E-state index in [4.69, 9.17) is 0 Å². The summed E-state index contributed by atoms with van der Waals surface area (Å²) in [7, 11) is 0. The highest BCUT2D eigenvalue weighted by atomic mass is 16.2. The molecule has 0 bridgehead atoms. The molecule has 3 saturated heterocycles. The number of hydrogen-bond donors (Lipinski definition) is 2. The molecular weight excluding hydrogens is 372 g/mol. The van der Waals surface area contributed by atoms with Crippen LogP contribution in [0, 0.1) is 5.41 Å². The van der Waals surface area contributed by atoms with Gasteiger partial charge in [0.2, 0.25) is 11.8 Å². The third kappa shape index (κ3) is 3.02. The van der Waals surface area contributed by atoms with Gasteiger partial charge in [0.1, 0.15) is 6.04 Å². The number of rotatable bonds is 2. The number of amides is 4. The van der Waals surface area contributed by atoms with Crippen molar-refractivity contribution in [1.29, 1.82) is 0 Å². The highest BCUT2D eigenvalue weighted by Crippen LogP contribution is 2.35. The molecule has 4 heterocycles. The Labute approximate surface area is 168 Å². The van der Waals surface area contributed by atoms with E-state index in [0.29, 0.717) is 23.0 Å². The van der Waals surface area contributed by atoms with E-state index < -0.39 is 11.9 Å². The third-order valence-corrected chi connectivity index (χ3v) is 6.88. The van der Waals surface area contributed by atoms with E-state index in [9.17, 15) is 19.2 Å². The van der Waals surface area contributed by atoms with Crippen molar-refractivity contribution in [2.45, 2.75) is 38.3 Å². The average molecular weight is 396 g/mol. The molecular formula is C21H24N4O4. The molecule has 1 unspecified atom stereocenters. The Bertz CT molecular complexity index is 913. The Kier molecular flexibility index (Phi) is 4.20. The summed E-state index contributed by atoms with van der Waals surface area (Å²) in [4.78, 5) is 52.7. The fourth-order valence-corrected chi connectivity index (χ4v) is 4.91. The Hall–Kier alpha value is -2.74. The van der Waals surface area contributed by atoms with Crippen LogP contribution in [0.25, 0.3) is 0 Å². The van der Waals surface area contributed by atoms with Crippen molar-refractivity contribution < 1.29 is 19.2 Å². The van der Waals surface area contributed by atoms with Crippen LogP contribution in [0.1, 0.15) is 52.0 Å². The van der Waals surface area contributed by atoms with E-state index in [1.807, 2.05) is 4.90 Å². The standard InChI is InChI=1S/C21H24N4O4/c26-17-4-3-16(18(27)23-17)25-10-14-9-13(1-2-15(14)20(25)29)19(28)24-7-5-21(6-8-24)11-22-12-21/h1-2,9,16,22H,3-8,10-12H2,(H,23,26,27). The van der Waals surface area contributed by atoms with E-state index in [-0.39, 0.29) is 30.7 Å². The van der Waals surface area contributed by atoms with Crippen LogP contribution in [0.15, 0.2) is 18.2 Å². The van der Waals surface area contributed by atoms with Crippen molar-refractivity contribution in [2.24, 2.45) is 5.41 Å². The summed E-state index contributed by atoms with van der Waals surface area (Å²) in [6, 6.07) is 4.55. The molecule has 4 aliphatic heterocycles. The van der Waals surface area contributed by atoms with Gasteiger partial charge in [0.05, 0.1) is 0 Å². The highest BCUT2D eigenvalue weighted by Gasteiger charge is 2.41. The van der Waals surface area contributed by atoms with Gasteiger partial charge >= 0.3 is 0 Å². The monoisotopic (exact) mass is 396 g/mol. The molecule has 5 rings (SSSR count). The summed E-state index contributed by atoms with van der Waals surface area (Å²) >= 11 is 0. The molecule has 1 aromatic rings. The van der Waals surface area contributed by atoms with Gasteiger partial charge in [-0.2, -0.15) is 0 Å². The van der Waals surface area contributed by atoms with Crippen molar-refractivity contribution in [2.75, 3.05) is 26.2 Å². The van der Waals surface area contributed by atoms with Gasteiger partial charge in [-0.15, -0.1) is 0 Å². The summed E-state index contributed by atoms with van der Waals surface area (Å²) < 4.78 is 0. The minimum atomic E-state index is -0.638. The molecule has 0 aliphatic carbocycles. The molecule has 0 radical (unpaired) electrons. The number of benzene rings is 1. The van der Waals surface area contributed by atoms with Crippen LogP contribution >= 0.6 is 0 Å². The van der Waals surface area contributed by atoms with Crippen molar-refractivity contribution in [1.82, 2.24) is 20.4 Å². The lowest BCUT2D eigenvalue weighted by molar-refractivity contribution is -0.136. The van der Waals surface area contributed by atoms with Crippen LogP contribution in [0.4, 0.5) is 0 Å². The number of piperidine rings is 2. The molecule has 152 valence electrons. The number of nitrogens with zero attached hydrogens (tertiary/aromatic N) is 2. The highest BCUT2D eigenvalue weighted by molar-refractivity contribution is 6.06. The number of likely N-dealkylation sites (tertiary alicyclic amines) is 1. The summed E-state index contributed by atoms with van der Waals surface area (Å²) in [5, 5.41) is 5.63. The van der Waals surface area contributed by atoms with Crippen LogP contribution in [0.2, 0.25) is 0 Å². The summed E-state index contributed by atoms with van der Waals surface area (Å²) in [6.07, 6.45) is 2.61. The first kappa shape index (κ1) is 18.3. The average Bonchev–Trinajstić information content (AvgIpc) is 3.02. The first-order chi connectivity index (χ1) is 14.0. The second-order valence-electron chi connectivity index (χ2n) is 8.67. The molecule has 0 aromatic heterocycles. The second kappa shape index (κ2) is 6.66. The largest absolute Gasteiger partial charge is 0.339 e. The maximum Gasteiger partial charge on any atom is 0.255 e. The lowest BCUT2D eigenvalue weighted by Gasteiger charge is -2.48. The predicted octanol–water partition coefficient (Wildman–Crippen LogP) is 0.273. The van der Waals surface area contributed by atoms with Crippen LogP contribution in [0.3, 0.4) is 0 Å². The van der Waals surface area contributed by atoms with Gasteiger partial charge < -0.3 is 15.1 Å². The van der Waals surface area contributed by atoms with E-state index >= 15 is 0 Å². The number of nitrogens with one attached hydrogen (secondary N) is 2. The van der Waals surface area contributed by atoms with Crippen molar-refractivity contribution >= 4 is 23.6 Å². The molecule has 1 spiro atoms. The Balaban J connectivity index is 1.30. The summed E-state index contributed by atoms with van der Waals surface area (Å²) in [5.41, 5.74) is 2.26. The zero-order chi connectivity index (χ0) is 20.2. The van der Waals surface area contributed by atoms with Crippen molar-refractivity contribution in [3.63, 3.8) is 0 Å². The minimum absolute atomic E-state index is 0.00170. The molecule has 0 saturated carbocycles. The van der Waals surface area contributed by atoms with Crippen LogP contribution in [-0.4, -0.2) is 65.6 Å². The predicted molar refractivity (Wildman–Crippen MR) is 103 cm³/mol. The topological polar surface area (TPSA) is 98.8 Å². The van der Waals surface area contributed by atoms with Gasteiger partial charge in [0, 0.05) is 50.3 Å². The number of carbonyl (C=O) groups excluding carboxylic acids is 4. The zero-order valence-electron chi connectivity index (χ0n) is 16.2.